The van der Waals surface area contributed by atoms with Crippen molar-refractivity contribution in [1.29, 1.82) is 0 Å². The third kappa shape index (κ3) is 1.96. The van der Waals surface area contributed by atoms with E-state index in [2.05, 4.69) is 12.2 Å². The highest BCUT2D eigenvalue weighted by molar-refractivity contribution is 4.74. The molecule has 0 aromatic heterocycles. The summed E-state index contributed by atoms with van der Waals surface area (Å²) in [4.78, 5) is 0. The van der Waals surface area contributed by atoms with Gasteiger partial charge in [0.2, 0.25) is 0 Å². The van der Waals surface area contributed by atoms with Gasteiger partial charge in [0.1, 0.15) is 0 Å². The van der Waals surface area contributed by atoms with Gasteiger partial charge < -0.3 is 10.1 Å². The molecule has 2 heteroatoms. The Kier molecular flexibility index (Phi) is 3.16. The molecule has 2 unspecified atom stereocenters. The van der Waals surface area contributed by atoms with Gasteiger partial charge in [0, 0.05) is 13.7 Å². The molecule has 1 N–H and O–H groups in total. The van der Waals surface area contributed by atoms with Gasteiger partial charge in [-0.15, -0.1) is 0 Å². The fourth-order valence-electron chi connectivity index (χ4n) is 1.49. The fourth-order valence-corrected chi connectivity index (χ4v) is 1.49. The Morgan fingerprint density at radius 3 is 3.00 bits per heavy atom. The van der Waals surface area contributed by atoms with Crippen molar-refractivity contribution in [3.05, 3.63) is 0 Å². The molecule has 60 valence electrons. The Labute approximate surface area is 63.0 Å². The molecule has 1 aliphatic rings. The van der Waals surface area contributed by atoms with Crippen LogP contribution in [0.1, 0.15) is 13.3 Å². The maximum atomic E-state index is 5.11. The standard InChI is InChI=1S/C8H17NO/c1-7-3-4-9-5-8(7)6-10-2/h7-9H,3-6H2,1-2H3. The van der Waals surface area contributed by atoms with E-state index in [1.165, 1.54) is 13.0 Å². The average molecular weight is 143 g/mol. The minimum Gasteiger partial charge on any atom is -0.384 e. The van der Waals surface area contributed by atoms with E-state index in [4.69, 9.17) is 4.74 Å². The zero-order valence-corrected chi connectivity index (χ0v) is 6.89. The molecule has 0 aromatic carbocycles. The highest BCUT2D eigenvalue weighted by atomic mass is 16.5. The van der Waals surface area contributed by atoms with E-state index >= 15 is 0 Å². The molecule has 1 rings (SSSR count). The van der Waals surface area contributed by atoms with Gasteiger partial charge in [0.25, 0.3) is 0 Å². The Balaban J connectivity index is 2.25. The van der Waals surface area contributed by atoms with E-state index in [1.54, 1.807) is 7.11 Å². The summed E-state index contributed by atoms with van der Waals surface area (Å²) in [5.74, 6) is 1.57. The number of nitrogens with one attached hydrogen (secondary N) is 1. The van der Waals surface area contributed by atoms with Crippen LogP contribution in [-0.4, -0.2) is 26.8 Å². The van der Waals surface area contributed by atoms with Crippen LogP contribution in [0.15, 0.2) is 0 Å². The van der Waals surface area contributed by atoms with Crippen LogP contribution in [0.3, 0.4) is 0 Å². The zero-order chi connectivity index (χ0) is 7.40. The maximum Gasteiger partial charge on any atom is 0.0505 e. The van der Waals surface area contributed by atoms with Gasteiger partial charge in [0.15, 0.2) is 0 Å². The first-order valence-corrected chi connectivity index (χ1v) is 4.04. The van der Waals surface area contributed by atoms with Crippen LogP contribution in [-0.2, 0) is 4.74 Å². The molecule has 1 saturated heterocycles. The molecule has 0 aliphatic carbocycles. The lowest BCUT2D eigenvalue weighted by Gasteiger charge is -2.28. The van der Waals surface area contributed by atoms with Crippen LogP contribution in [0.25, 0.3) is 0 Å². The van der Waals surface area contributed by atoms with Gasteiger partial charge in [0.05, 0.1) is 6.61 Å². The summed E-state index contributed by atoms with van der Waals surface area (Å²) in [5.41, 5.74) is 0. The quantitative estimate of drug-likeness (QED) is 0.619. The minimum absolute atomic E-state index is 0.735. The van der Waals surface area contributed by atoms with E-state index in [0.29, 0.717) is 0 Å². The Hall–Kier alpha value is -0.0800. The lowest BCUT2D eigenvalue weighted by atomic mass is 9.89. The number of piperidine rings is 1. The molecule has 0 aromatic rings. The molecule has 2 atom stereocenters. The summed E-state index contributed by atoms with van der Waals surface area (Å²) >= 11 is 0. The maximum absolute atomic E-state index is 5.11. The van der Waals surface area contributed by atoms with Gasteiger partial charge in [-0.2, -0.15) is 0 Å². The van der Waals surface area contributed by atoms with Crippen molar-refractivity contribution in [2.75, 3.05) is 26.8 Å². The normalized spacial score (nSPS) is 34.2. The van der Waals surface area contributed by atoms with Crippen LogP contribution >= 0.6 is 0 Å². The summed E-state index contributed by atoms with van der Waals surface area (Å²) < 4.78 is 5.11. The molecule has 1 aliphatic heterocycles. The van der Waals surface area contributed by atoms with Gasteiger partial charge in [-0.1, -0.05) is 6.92 Å². The molecule has 0 amide bonds. The van der Waals surface area contributed by atoms with Crippen molar-refractivity contribution in [1.82, 2.24) is 5.32 Å². The van der Waals surface area contributed by atoms with Crippen LogP contribution in [0.2, 0.25) is 0 Å². The SMILES string of the molecule is COCC1CNCCC1C. The van der Waals surface area contributed by atoms with Gasteiger partial charge in [-0.05, 0) is 24.8 Å². The minimum atomic E-state index is 0.735. The first-order valence-electron chi connectivity index (χ1n) is 4.04. The third-order valence-electron chi connectivity index (χ3n) is 2.37. The number of hydrogen-bond donors (Lipinski definition) is 1. The van der Waals surface area contributed by atoms with Crippen LogP contribution in [0.4, 0.5) is 0 Å². The molecule has 0 bridgehead atoms. The van der Waals surface area contributed by atoms with Crippen molar-refractivity contribution < 1.29 is 4.74 Å². The largest absolute Gasteiger partial charge is 0.384 e. The Morgan fingerprint density at radius 2 is 2.40 bits per heavy atom. The van der Waals surface area contributed by atoms with E-state index in [9.17, 15) is 0 Å². The molecule has 0 radical (unpaired) electrons. The van der Waals surface area contributed by atoms with Gasteiger partial charge in [-0.25, -0.2) is 0 Å². The number of methoxy groups -OCH3 is 1. The second-order valence-electron chi connectivity index (χ2n) is 3.19. The summed E-state index contributed by atoms with van der Waals surface area (Å²) in [5, 5.41) is 3.37. The van der Waals surface area contributed by atoms with Gasteiger partial charge >= 0.3 is 0 Å². The highest BCUT2D eigenvalue weighted by Gasteiger charge is 2.19. The van der Waals surface area contributed by atoms with Crippen molar-refractivity contribution in [3.63, 3.8) is 0 Å². The molecule has 1 fully saturated rings. The third-order valence-corrected chi connectivity index (χ3v) is 2.37. The lowest BCUT2D eigenvalue weighted by Crippen LogP contribution is -2.37. The predicted molar refractivity (Wildman–Crippen MR) is 42.0 cm³/mol. The monoisotopic (exact) mass is 143 g/mol. The smallest absolute Gasteiger partial charge is 0.0505 e. The summed E-state index contributed by atoms with van der Waals surface area (Å²) in [6.45, 7) is 5.54. The fraction of sp³-hybridized carbons (Fsp3) is 1.00. The van der Waals surface area contributed by atoms with Crippen molar-refractivity contribution in [3.8, 4) is 0 Å². The van der Waals surface area contributed by atoms with Crippen LogP contribution < -0.4 is 5.32 Å². The summed E-state index contributed by atoms with van der Waals surface area (Å²) in [6.07, 6.45) is 1.30. The van der Waals surface area contributed by atoms with Crippen LogP contribution in [0, 0.1) is 11.8 Å². The Morgan fingerprint density at radius 1 is 1.60 bits per heavy atom. The Bertz CT molecular complexity index is 93.3. The molecule has 2 nitrogen and oxygen atoms in total. The van der Waals surface area contributed by atoms with Crippen molar-refractivity contribution in [2.24, 2.45) is 11.8 Å². The summed E-state index contributed by atoms with van der Waals surface area (Å²) in [6, 6.07) is 0. The number of ether oxygens (including phenoxy) is 1. The average Bonchev–Trinajstić information content (AvgIpc) is 1.94. The number of hydrogen-bond acceptors (Lipinski definition) is 2. The zero-order valence-electron chi connectivity index (χ0n) is 6.89. The first-order chi connectivity index (χ1) is 4.84. The lowest BCUT2D eigenvalue weighted by molar-refractivity contribution is 0.109. The second-order valence-corrected chi connectivity index (χ2v) is 3.19. The van der Waals surface area contributed by atoms with E-state index in [-0.39, 0.29) is 0 Å². The first kappa shape index (κ1) is 8.02. The topological polar surface area (TPSA) is 21.3 Å². The predicted octanol–water partition coefficient (Wildman–Crippen LogP) is 0.878. The molecule has 1 heterocycles. The van der Waals surface area contributed by atoms with Crippen molar-refractivity contribution >= 4 is 0 Å². The van der Waals surface area contributed by atoms with E-state index in [0.717, 1.165) is 25.0 Å². The number of rotatable bonds is 2. The molecule has 10 heavy (non-hydrogen) atoms. The van der Waals surface area contributed by atoms with Crippen LogP contribution in [0.5, 0.6) is 0 Å². The molecular weight excluding hydrogens is 126 g/mol. The molecule has 0 spiro atoms. The van der Waals surface area contributed by atoms with Crippen molar-refractivity contribution in [2.45, 2.75) is 13.3 Å². The highest BCUT2D eigenvalue weighted by Crippen LogP contribution is 2.17. The second kappa shape index (κ2) is 3.94. The molecule has 0 saturated carbocycles. The molecular formula is C8H17NO. The van der Waals surface area contributed by atoms with E-state index in [1.807, 2.05) is 0 Å². The summed E-state index contributed by atoms with van der Waals surface area (Å²) in [7, 11) is 1.78. The van der Waals surface area contributed by atoms with Gasteiger partial charge in [-0.3, -0.25) is 0 Å². The van der Waals surface area contributed by atoms with E-state index < -0.39 is 0 Å².